The number of methoxy groups -OCH3 is 1. The molecule has 5 heteroatoms. The fraction of sp³-hybridized carbons (Fsp3) is 0.333. The number of carboxylic acids is 1. The third-order valence-electron chi connectivity index (χ3n) is 3.47. The van der Waals surface area contributed by atoms with Crippen molar-refractivity contribution in [3.8, 4) is 11.4 Å². The van der Waals surface area contributed by atoms with Crippen LogP contribution in [-0.4, -0.2) is 28.0 Å². The van der Waals surface area contributed by atoms with Crippen molar-refractivity contribution in [1.82, 2.24) is 9.78 Å². The van der Waals surface area contributed by atoms with Crippen LogP contribution in [0.2, 0.25) is 0 Å². The molecule has 1 unspecified atom stereocenters. The van der Waals surface area contributed by atoms with E-state index < -0.39 is 11.9 Å². The summed E-state index contributed by atoms with van der Waals surface area (Å²) in [5.74, 6) is -0.637. The van der Waals surface area contributed by atoms with Gasteiger partial charge in [-0.2, -0.15) is 5.10 Å². The maximum absolute atomic E-state index is 11.2. The molecule has 0 aliphatic heterocycles. The second-order valence-electron chi connectivity index (χ2n) is 4.75. The smallest absolute Gasteiger partial charge is 0.310 e. The highest BCUT2D eigenvalue weighted by Gasteiger charge is 2.23. The molecule has 106 valence electrons. The lowest BCUT2D eigenvalue weighted by Gasteiger charge is -2.09. The van der Waals surface area contributed by atoms with Gasteiger partial charge in [-0.25, -0.2) is 4.68 Å². The Morgan fingerprint density at radius 3 is 2.40 bits per heavy atom. The van der Waals surface area contributed by atoms with E-state index in [4.69, 9.17) is 4.74 Å². The number of hydrogen-bond acceptors (Lipinski definition) is 3. The van der Waals surface area contributed by atoms with Crippen LogP contribution in [0, 0.1) is 13.8 Å². The normalized spacial score (nSPS) is 12.2. The number of rotatable bonds is 4. The lowest BCUT2D eigenvalue weighted by molar-refractivity contribution is -0.138. The van der Waals surface area contributed by atoms with Crippen molar-refractivity contribution in [2.24, 2.45) is 0 Å². The van der Waals surface area contributed by atoms with E-state index in [0.29, 0.717) is 0 Å². The van der Waals surface area contributed by atoms with Crippen LogP contribution in [0.4, 0.5) is 0 Å². The summed E-state index contributed by atoms with van der Waals surface area (Å²) in [7, 11) is 1.62. The predicted molar refractivity (Wildman–Crippen MR) is 75.6 cm³/mol. The highest BCUT2D eigenvalue weighted by molar-refractivity contribution is 5.76. The van der Waals surface area contributed by atoms with Crippen molar-refractivity contribution in [3.63, 3.8) is 0 Å². The van der Waals surface area contributed by atoms with Gasteiger partial charge < -0.3 is 9.84 Å². The summed E-state index contributed by atoms with van der Waals surface area (Å²) in [4.78, 5) is 11.2. The number of carbonyl (C=O) groups is 1. The van der Waals surface area contributed by atoms with Crippen molar-refractivity contribution in [2.75, 3.05) is 7.11 Å². The van der Waals surface area contributed by atoms with Gasteiger partial charge in [0.1, 0.15) is 5.75 Å². The first-order chi connectivity index (χ1) is 9.45. The van der Waals surface area contributed by atoms with Crippen LogP contribution in [0.15, 0.2) is 24.3 Å². The molecule has 0 aliphatic carbocycles. The molecule has 1 aromatic carbocycles. The van der Waals surface area contributed by atoms with Gasteiger partial charge in [-0.15, -0.1) is 0 Å². The summed E-state index contributed by atoms with van der Waals surface area (Å²) in [6.07, 6.45) is 0. The average Bonchev–Trinajstić information content (AvgIpc) is 2.73. The van der Waals surface area contributed by atoms with Gasteiger partial charge in [-0.1, -0.05) is 0 Å². The van der Waals surface area contributed by atoms with Gasteiger partial charge in [-0.05, 0) is 45.0 Å². The number of hydrogen-bond donors (Lipinski definition) is 1. The van der Waals surface area contributed by atoms with Crippen molar-refractivity contribution in [2.45, 2.75) is 26.7 Å². The average molecular weight is 274 g/mol. The predicted octanol–water partition coefficient (Wildman–Crippen LogP) is 2.69. The lowest BCUT2D eigenvalue weighted by atomic mass is 9.99. The van der Waals surface area contributed by atoms with E-state index in [-0.39, 0.29) is 0 Å². The zero-order chi connectivity index (χ0) is 14.9. The standard InChI is InChI=1S/C15H18N2O3/c1-9(15(18)19)14-10(2)16-17(11(14)3)12-5-7-13(20-4)8-6-12/h5-9H,1-4H3,(H,18,19). The molecule has 20 heavy (non-hydrogen) atoms. The molecule has 0 fully saturated rings. The zero-order valence-corrected chi connectivity index (χ0v) is 12.0. The monoisotopic (exact) mass is 274 g/mol. The molecule has 0 radical (unpaired) electrons. The van der Waals surface area contributed by atoms with Crippen LogP contribution >= 0.6 is 0 Å². The van der Waals surface area contributed by atoms with E-state index in [1.165, 1.54) is 0 Å². The van der Waals surface area contributed by atoms with E-state index in [0.717, 1.165) is 28.4 Å². The molecule has 2 aromatic rings. The third kappa shape index (κ3) is 2.39. The first kappa shape index (κ1) is 14.1. The Labute approximate surface area is 117 Å². The summed E-state index contributed by atoms with van der Waals surface area (Å²) in [6.45, 7) is 5.40. The van der Waals surface area contributed by atoms with Gasteiger partial charge in [-0.3, -0.25) is 4.79 Å². The zero-order valence-electron chi connectivity index (χ0n) is 12.0. The molecular weight excluding hydrogens is 256 g/mol. The van der Waals surface area contributed by atoms with Gasteiger partial charge in [0.15, 0.2) is 0 Å². The first-order valence-electron chi connectivity index (χ1n) is 6.39. The van der Waals surface area contributed by atoms with E-state index in [1.54, 1.807) is 18.7 Å². The number of nitrogens with zero attached hydrogens (tertiary/aromatic N) is 2. The van der Waals surface area contributed by atoms with Crippen LogP contribution in [0.5, 0.6) is 5.75 Å². The quantitative estimate of drug-likeness (QED) is 0.931. The SMILES string of the molecule is COc1ccc(-n2nc(C)c(C(C)C(=O)O)c2C)cc1. The maximum atomic E-state index is 11.2. The molecule has 1 aromatic heterocycles. The van der Waals surface area contributed by atoms with E-state index in [1.807, 2.05) is 38.1 Å². The Morgan fingerprint density at radius 1 is 1.30 bits per heavy atom. The highest BCUT2D eigenvalue weighted by atomic mass is 16.5. The fourth-order valence-corrected chi connectivity index (χ4v) is 2.38. The van der Waals surface area contributed by atoms with Gasteiger partial charge in [0.05, 0.1) is 24.4 Å². The van der Waals surface area contributed by atoms with Crippen molar-refractivity contribution in [1.29, 1.82) is 0 Å². The molecule has 0 bridgehead atoms. The first-order valence-corrected chi connectivity index (χ1v) is 6.39. The van der Waals surface area contributed by atoms with Crippen LogP contribution in [0.25, 0.3) is 5.69 Å². The van der Waals surface area contributed by atoms with E-state index in [9.17, 15) is 9.90 Å². The van der Waals surface area contributed by atoms with Gasteiger partial charge >= 0.3 is 5.97 Å². The highest BCUT2D eigenvalue weighted by Crippen LogP contribution is 2.26. The van der Waals surface area contributed by atoms with Crippen molar-refractivity contribution < 1.29 is 14.6 Å². The summed E-state index contributed by atoms with van der Waals surface area (Å²) in [6, 6.07) is 7.50. The minimum atomic E-state index is -0.842. The Balaban J connectivity index is 2.48. The minimum Gasteiger partial charge on any atom is -0.497 e. The van der Waals surface area contributed by atoms with E-state index in [2.05, 4.69) is 5.10 Å². The molecule has 0 spiro atoms. The van der Waals surface area contributed by atoms with Crippen LogP contribution < -0.4 is 4.74 Å². The molecule has 0 saturated carbocycles. The summed E-state index contributed by atoms with van der Waals surface area (Å²) in [5.41, 5.74) is 3.25. The number of carboxylic acid groups (broad SMARTS) is 1. The van der Waals surface area contributed by atoms with Gasteiger partial charge in [0.25, 0.3) is 0 Å². The Kier molecular flexibility index (Phi) is 3.79. The number of aryl methyl sites for hydroxylation is 1. The van der Waals surface area contributed by atoms with Gasteiger partial charge in [0.2, 0.25) is 0 Å². The summed E-state index contributed by atoms with van der Waals surface area (Å²) >= 11 is 0. The number of aliphatic carboxylic acids is 1. The Morgan fingerprint density at radius 2 is 1.90 bits per heavy atom. The maximum Gasteiger partial charge on any atom is 0.310 e. The minimum absolute atomic E-state index is 0.568. The number of aromatic nitrogens is 2. The lowest BCUT2D eigenvalue weighted by Crippen LogP contribution is -2.09. The molecule has 1 atom stereocenters. The molecule has 5 nitrogen and oxygen atoms in total. The van der Waals surface area contributed by atoms with Crippen molar-refractivity contribution in [3.05, 3.63) is 41.2 Å². The number of benzene rings is 1. The molecule has 0 amide bonds. The largest absolute Gasteiger partial charge is 0.497 e. The Bertz CT molecular complexity index is 629. The van der Waals surface area contributed by atoms with Crippen LogP contribution in [0.1, 0.15) is 29.8 Å². The topological polar surface area (TPSA) is 64.4 Å². The van der Waals surface area contributed by atoms with Crippen molar-refractivity contribution >= 4 is 5.97 Å². The second kappa shape index (κ2) is 5.36. The van der Waals surface area contributed by atoms with E-state index >= 15 is 0 Å². The molecule has 0 aliphatic rings. The molecule has 1 heterocycles. The third-order valence-corrected chi connectivity index (χ3v) is 3.47. The molecule has 2 rings (SSSR count). The van der Waals surface area contributed by atoms with Crippen LogP contribution in [0.3, 0.4) is 0 Å². The number of ether oxygens (including phenoxy) is 1. The molecule has 1 N–H and O–H groups in total. The van der Waals surface area contributed by atoms with Crippen LogP contribution in [-0.2, 0) is 4.79 Å². The molecule has 0 saturated heterocycles. The second-order valence-corrected chi connectivity index (χ2v) is 4.75. The fourth-order valence-electron chi connectivity index (χ4n) is 2.38. The molecular formula is C15H18N2O3. The summed E-state index contributed by atoms with van der Waals surface area (Å²) < 4.78 is 6.89. The Hall–Kier alpha value is -2.30. The summed E-state index contributed by atoms with van der Waals surface area (Å²) in [5, 5.41) is 13.6. The van der Waals surface area contributed by atoms with Gasteiger partial charge in [0, 0.05) is 11.3 Å².